The zero-order valence-electron chi connectivity index (χ0n) is 20.6. The first-order valence-corrected chi connectivity index (χ1v) is 13.0. The van der Waals surface area contributed by atoms with Crippen LogP contribution in [0.2, 0.25) is 0 Å². The lowest BCUT2D eigenvalue weighted by atomic mass is 9.97. The van der Waals surface area contributed by atoms with Crippen LogP contribution in [-0.2, 0) is 11.2 Å². The number of aromatic nitrogens is 2. The van der Waals surface area contributed by atoms with Gasteiger partial charge in [0.2, 0.25) is 17.5 Å². The molecule has 0 spiro atoms. The van der Waals surface area contributed by atoms with Crippen LogP contribution in [0.1, 0.15) is 39.7 Å². The van der Waals surface area contributed by atoms with Gasteiger partial charge in [0.25, 0.3) is 5.22 Å². The van der Waals surface area contributed by atoms with E-state index in [-0.39, 0.29) is 17.7 Å². The number of thioether (sulfide) groups is 1. The van der Waals surface area contributed by atoms with E-state index in [2.05, 4.69) is 23.2 Å². The Kier molecular flexibility index (Phi) is 8.17. The predicted molar refractivity (Wildman–Crippen MR) is 136 cm³/mol. The molecule has 0 bridgehead atoms. The number of hydrogen-bond donors (Lipinski definition) is 0. The molecule has 1 aliphatic heterocycles. The van der Waals surface area contributed by atoms with Gasteiger partial charge >= 0.3 is 0 Å². The van der Waals surface area contributed by atoms with Crippen LogP contribution < -0.4 is 19.1 Å². The molecule has 0 fully saturated rings. The van der Waals surface area contributed by atoms with Crippen molar-refractivity contribution < 1.29 is 23.4 Å². The van der Waals surface area contributed by atoms with Gasteiger partial charge in [-0.25, -0.2) is 0 Å². The van der Waals surface area contributed by atoms with E-state index < -0.39 is 0 Å². The monoisotopic (exact) mass is 497 g/mol. The van der Waals surface area contributed by atoms with E-state index in [4.69, 9.17) is 18.6 Å². The Hall–Kier alpha value is -3.20. The van der Waals surface area contributed by atoms with Gasteiger partial charge in [-0.2, -0.15) is 0 Å². The number of carbonyl (C=O) groups is 1. The van der Waals surface area contributed by atoms with Gasteiger partial charge in [0.05, 0.1) is 25.6 Å². The normalized spacial score (nSPS) is 15.0. The number of nitrogens with zero attached hydrogens (tertiary/aromatic N) is 3. The number of rotatable bonds is 10. The number of hydrogen-bond acceptors (Lipinski definition) is 8. The first kappa shape index (κ1) is 24.9. The molecule has 8 nitrogen and oxygen atoms in total. The molecule has 186 valence electrons. The third kappa shape index (κ3) is 5.56. The number of para-hydroxylation sites is 1. The fraction of sp³-hybridized carbons (Fsp3) is 0.423. The van der Waals surface area contributed by atoms with Gasteiger partial charge in [0.1, 0.15) is 0 Å². The minimum absolute atomic E-state index is 0.0210. The van der Waals surface area contributed by atoms with Crippen molar-refractivity contribution in [3.05, 3.63) is 42.0 Å². The van der Waals surface area contributed by atoms with E-state index in [1.165, 1.54) is 17.3 Å². The Morgan fingerprint density at radius 1 is 1.06 bits per heavy atom. The van der Waals surface area contributed by atoms with Gasteiger partial charge in [0, 0.05) is 17.3 Å². The SMILES string of the molecule is CCOc1cc(-c2nnc(SCC(=O)N3c4ccccc4CCC3C)o2)cc(OCC)c1OCC. The smallest absolute Gasteiger partial charge is 0.277 e. The summed E-state index contributed by atoms with van der Waals surface area (Å²) in [6, 6.07) is 11.8. The summed E-state index contributed by atoms with van der Waals surface area (Å²) in [6.07, 6.45) is 1.93. The molecule has 3 aromatic rings. The van der Waals surface area contributed by atoms with Crippen molar-refractivity contribution in [2.24, 2.45) is 0 Å². The highest BCUT2D eigenvalue weighted by Crippen LogP contribution is 2.42. The molecule has 0 radical (unpaired) electrons. The van der Waals surface area contributed by atoms with Crippen LogP contribution in [0.3, 0.4) is 0 Å². The lowest BCUT2D eigenvalue weighted by Gasteiger charge is -2.35. The molecule has 1 amide bonds. The van der Waals surface area contributed by atoms with Crippen molar-refractivity contribution in [3.8, 4) is 28.7 Å². The first-order valence-electron chi connectivity index (χ1n) is 12.0. The summed E-state index contributed by atoms with van der Waals surface area (Å²) in [5.41, 5.74) is 2.85. The number of amides is 1. The van der Waals surface area contributed by atoms with Crippen LogP contribution in [0.4, 0.5) is 5.69 Å². The van der Waals surface area contributed by atoms with Crippen molar-refractivity contribution in [2.75, 3.05) is 30.5 Å². The molecule has 0 saturated heterocycles. The van der Waals surface area contributed by atoms with Crippen molar-refractivity contribution >= 4 is 23.4 Å². The Bertz CT molecular complexity index is 1140. The van der Waals surface area contributed by atoms with Gasteiger partial charge in [-0.3, -0.25) is 4.79 Å². The molecule has 9 heteroatoms. The van der Waals surface area contributed by atoms with Crippen molar-refractivity contribution in [2.45, 2.75) is 51.8 Å². The largest absolute Gasteiger partial charge is 0.490 e. The van der Waals surface area contributed by atoms with Gasteiger partial charge in [-0.1, -0.05) is 30.0 Å². The molecular weight excluding hydrogens is 466 g/mol. The molecule has 1 unspecified atom stereocenters. The maximum Gasteiger partial charge on any atom is 0.277 e. The lowest BCUT2D eigenvalue weighted by molar-refractivity contribution is -0.116. The second-order valence-electron chi connectivity index (χ2n) is 8.04. The number of benzene rings is 2. The Morgan fingerprint density at radius 3 is 2.43 bits per heavy atom. The zero-order chi connectivity index (χ0) is 24.8. The summed E-state index contributed by atoms with van der Waals surface area (Å²) >= 11 is 1.24. The second kappa shape index (κ2) is 11.5. The molecule has 35 heavy (non-hydrogen) atoms. The van der Waals surface area contributed by atoms with E-state index in [1.807, 2.05) is 43.9 Å². The molecular formula is C26H31N3O5S. The van der Waals surface area contributed by atoms with Crippen LogP contribution in [-0.4, -0.2) is 47.7 Å². The Balaban J connectivity index is 1.51. The van der Waals surface area contributed by atoms with E-state index in [1.54, 1.807) is 12.1 Å². The quantitative estimate of drug-likeness (QED) is 0.345. The number of aryl methyl sites for hydroxylation is 1. The third-order valence-electron chi connectivity index (χ3n) is 5.67. The van der Waals surface area contributed by atoms with E-state index >= 15 is 0 Å². The van der Waals surface area contributed by atoms with Gasteiger partial charge in [-0.05, 0) is 64.3 Å². The van der Waals surface area contributed by atoms with Crippen LogP contribution in [0, 0.1) is 0 Å². The summed E-state index contributed by atoms with van der Waals surface area (Å²) in [5.74, 6) is 2.20. The number of fused-ring (bicyclic) bond motifs is 1. The summed E-state index contributed by atoms with van der Waals surface area (Å²) in [7, 11) is 0. The van der Waals surface area contributed by atoms with Crippen LogP contribution in [0.5, 0.6) is 17.2 Å². The third-order valence-corrected chi connectivity index (χ3v) is 6.48. The molecule has 0 saturated carbocycles. The highest BCUT2D eigenvalue weighted by molar-refractivity contribution is 7.99. The van der Waals surface area contributed by atoms with Crippen molar-refractivity contribution in [3.63, 3.8) is 0 Å². The molecule has 1 aliphatic rings. The molecule has 2 heterocycles. The van der Waals surface area contributed by atoms with E-state index in [9.17, 15) is 4.79 Å². The molecule has 1 atom stereocenters. The van der Waals surface area contributed by atoms with Gasteiger partial charge in [0.15, 0.2) is 11.5 Å². The average molecular weight is 498 g/mol. The molecule has 1 aromatic heterocycles. The standard InChI is InChI=1S/C26H31N3O5S/c1-5-31-21-14-19(15-22(32-6-2)24(21)33-7-3)25-27-28-26(34-25)35-16-23(30)29-17(4)12-13-18-10-8-9-11-20(18)29/h8-11,14-15,17H,5-7,12-13,16H2,1-4H3. The van der Waals surface area contributed by atoms with Crippen LogP contribution >= 0.6 is 11.8 Å². The minimum atomic E-state index is 0.0210. The van der Waals surface area contributed by atoms with Gasteiger partial charge < -0.3 is 23.5 Å². The zero-order valence-corrected chi connectivity index (χ0v) is 21.4. The fourth-order valence-electron chi connectivity index (χ4n) is 4.16. The van der Waals surface area contributed by atoms with Crippen molar-refractivity contribution in [1.29, 1.82) is 0 Å². The van der Waals surface area contributed by atoms with Crippen LogP contribution in [0.25, 0.3) is 11.5 Å². The highest BCUT2D eigenvalue weighted by Gasteiger charge is 2.28. The lowest BCUT2D eigenvalue weighted by Crippen LogP contribution is -2.43. The molecule has 2 aromatic carbocycles. The highest BCUT2D eigenvalue weighted by atomic mass is 32.2. The molecule has 0 N–H and O–H groups in total. The maximum atomic E-state index is 13.1. The Morgan fingerprint density at radius 2 is 1.74 bits per heavy atom. The van der Waals surface area contributed by atoms with E-state index in [0.717, 1.165) is 18.5 Å². The minimum Gasteiger partial charge on any atom is -0.490 e. The fourth-order valence-corrected chi connectivity index (χ4v) is 4.78. The maximum absolute atomic E-state index is 13.1. The second-order valence-corrected chi connectivity index (χ2v) is 8.97. The number of anilines is 1. The number of carbonyl (C=O) groups excluding carboxylic acids is 1. The molecule has 4 rings (SSSR count). The van der Waals surface area contributed by atoms with E-state index in [0.29, 0.717) is 53.7 Å². The van der Waals surface area contributed by atoms with Crippen molar-refractivity contribution in [1.82, 2.24) is 10.2 Å². The van der Waals surface area contributed by atoms with Gasteiger partial charge in [-0.15, -0.1) is 10.2 Å². The topological polar surface area (TPSA) is 86.9 Å². The first-order chi connectivity index (χ1) is 17.0. The van der Waals surface area contributed by atoms with Crippen LogP contribution in [0.15, 0.2) is 46.0 Å². The Labute approximate surface area is 210 Å². The predicted octanol–water partition coefficient (Wildman–Crippen LogP) is 5.39. The summed E-state index contributed by atoms with van der Waals surface area (Å²) < 4.78 is 23.2. The summed E-state index contributed by atoms with van der Waals surface area (Å²) in [4.78, 5) is 15.0. The summed E-state index contributed by atoms with van der Waals surface area (Å²) in [5, 5.41) is 8.67. The average Bonchev–Trinajstić information content (AvgIpc) is 3.34. The summed E-state index contributed by atoms with van der Waals surface area (Å²) in [6.45, 7) is 9.23. The number of ether oxygens (including phenoxy) is 3. The molecule has 0 aliphatic carbocycles.